The second kappa shape index (κ2) is 15.1. The van der Waals surface area contributed by atoms with Crippen molar-refractivity contribution in [1.82, 2.24) is 10.2 Å². The van der Waals surface area contributed by atoms with E-state index in [0.717, 1.165) is 22.6 Å². The Morgan fingerprint density at radius 2 is 1.54 bits per heavy atom. The molecule has 0 spiro atoms. The van der Waals surface area contributed by atoms with Crippen LogP contribution in [0.2, 0.25) is 0 Å². The van der Waals surface area contributed by atoms with Gasteiger partial charge in [0.25, 0.3) is 0 Å². The van der Waals surface area contributed by atoms with Gasteiger partial charge in [-0.2, -0.15) is 11.8 Å². The van der Waals surface area contributed by atoms with E-state index in [1.54, 1.807) is 23.8 Å². The van der Waals surface area contributed by atoms with Crippen LogP contribution in [0.4, 0.5) is 0 Å². The molecule has 196 valence electrons. The van der Waals surface area contributed by atoms with Gasteiger partial charge >= 0.3 is 0 Å². The van der Waals surface area contributed by atoms with Gasteiger partial charge in [0.05, 0.1) is 7.11 Å². The third kappa shape index (κ3) is 9.62. The van der Waals surface area contributed by atoms with Crippen LogP contribution in [-0.4, -0.2) is 42.2 Å². The van der Waals surface area contributed by atoms with Crippen LogP contribution >= 0.6 is 11.8 Å². The molecule has 37 heavy (non-hydrogen) atoms. The fourth-order valence-electron chi connectivity index (χ4n) is 4.01. The van der Waals surface area contributed by atoms with Crippen molar-refractivity contribution < 1.29 is 14.3 Å². The number of nitrogens with one attached hydrogen (secondary N) is 1. The van der Waals surface area contributed by atoms with Crippen molar-refractivity contribution in [1.29, 1.82) is 0 Å². The minimum absolute atomic E-state index is 0.0241. The highest BCUT2D eigenvalue weighted by molar-refractivity contribution is 7.98. The van der Waals surface area contributed by atoms with Gasteiger partial charge < -0.3 is 15.0 Å². The Morgan fingerprint density at radius 1 is 0.892 bits per heavy atom. The molecule has 1 atom stereocenters. The molecular weight excluding hydrogens is 480 g/mol. The summed E-state index contributed by atoms with van der Waals surface area (Å²) in [5, 5.41) is 3.07. The monoisotopic (exact) mass is 518 g/mol. The topological polar surface area (TPSA) is 58.6 Å². The van der Waals surface area contributed by atoms with E-state index >= 15 is 0 Å². The second-order valence-corrected chi connectivity index (χ2v) is 10.6. The van der Waals surface area contributed by atoms with Crippen molar-refractivity contribution in [3.63, 3.8) is 0 Å². The van der Waals surface area contributed by atoms with Crippen LogP contribution in [0.25, 0.3) is 0 Å². The molecule has 1 N–H and O–H groups in total. The number of nitrogens with zero attached hydrogens (tertiary/aromatic N) is 1. The third-order valence-corrected chi connectivity index (χ3v) is 7.04. The Hall–Kier alpha value is -3.25. The van der Waals surface area contributed by atoms with Gasteiger partial charge in [0, 0.05) is 37.4 Å². The van der Waals surface area contributed by atoms with Gasteiger partial charge in [0.2, 0.25) is 11.8 Å². The molecule has 5 nitrogen and oxygen atoms in total. The highest BCUT2D eigenvalue weighted by atomic mass is 32.2. The van der Waals surface area contributed by atoms with E-state index in [2.05, 4.69) is 31.3 Å². The first kappa shape index (κ1) is 28.3. The summed E-state index contributed by atoms with van der Waals surface area (Å²) >= 11 is 1.73. The van der Waals surface area contributed by atoms with Crippen molar-refractivity contribution in [2.75, 3.05) is 19.4 Å². The van der Waals surface area contributed by atoms with Gasteiger partial charge in [-0.15, -0.1) is 0 Å². The molecule has 0 heterocycles. The largest absolute Gasteiger partial charge is 0.497 e. The second-order valence-electron chi connectivity index (χ2n) is 9.51. The number of carbonyl (C=O) groups is 2. The van der Waals surface area contributed by atoms with E-state index in [9.17, 15) is 9.59 Å². The van der Waals surface area contributed by atoms with Crippen molar-refractivity contribution in [3.05, 3.63) is 102 Å². The van der Waals surface area contributed by atoms with Crippen LogP contribution in [0.1, 0.15) is 37.0 Å². The van der Waals surface area contributed by atoms with Crippen LogP contribution in [0.15, 0.2) is 84.9 Å². The lowest BCUT2D eigenvalue weighted by molar-refractivity contribution is -0.141. The summed E-state index contributed by atoms with van der Waals surface area (Å²) in [6.45, 7) is 5.04. The van der Waals surface area contributed by atoms with Gasteiger partial charge in [-0.3, -0.25) is 9.59 Å². The Bertz CT molecular complexity index is 1110. The third-order valence-electron chi connectivity index (χ3n) is 6.01. The standard InChI is InChI=1S/C31H38N2O3S/c1-24(2)21-32-31(35)29(20-25-11-6-4-7-12-25)33(22-27-15-10-16-28(19-27)36-3)30(34)17-18-37-23-26-13-8-5-9-14-26/h4-16,19,24,29H,17-18,20-23H2,1-3H3,(H,32,35)/t29-/m0/s1. The van der Waals surface area contributed by atoms with E-state index in [-0.39, 0.29) is 11.8 Å². The molecule has 6 heteroatoms. The molecule has 3 aromatic rings. The zero-order valence-electron chi connectivity index (χ0n) is 22.1. The average molecular weight is 519 g/mol. The summed E-state index contributed by atoms with van der Waals surface area (Å²) in [7, 11) is 1.63. The SMILES string of the molecule is COc1cccc(CN(C(=O)CCSCc2ccccc2)[C@@H](Cc2ccccc2)C(=O)NCC(C)C)c1. The summed E-state index contributed by atoms with van der Waals surface area (Å²) in [6, 6.07) is 27.2. The average Bonchev–Trinajstić information content (AvgIpc) is 2.92. The van der Waals surface area contributed by atoms with Crippen LogP contribution in [0.3, 0.4) is 0 Å². The number of hydrogen-bond acceptors (Lipinski definition) is 4. The number of benzene rings is 3. The molecule has 0 bridgehead atoms. The van der Waals surface area contributed by atoms with Gasteiger partial charge in [-0.05, 0) is 34.7 Å². The molecular formula is C31H38N2O3S. The summed E-state index contributed by atoms with van der Waals surface area (Å²) in [4.78, 5) is 28.9. The number of carbonyl (C=O) groups excluding carboxylic acids is 2. The maximum Gasteiger partial charge on any atom is 0.243 e. The van der Waals surface area contributed by atoms with Crippen LogP contribution in [0, 0.1) is 5.92 Å². The lowest BCUT2D eigenvalue weighted by Gasteiger charge is -2.32. The van der Waals surface area contributed by atoms with E-state index in [4.69, 9.17) is 4.74 Å². The molecule has 0 aliphatic heterocycles. The van der Waals surface area contributed by atoms with Gasteiger partial charge in [0.15, 0.2) is 0 Å². The molecule has 3 rings (SSSR count). The normalized spacial score (nSPS) is 11.7. The first-order valence-corrected chi connectivity index (χ1v) is 14.0. The minimum Gasteiger partial charge on any atom is -0.497 e. The lowest BCUT2D eigenvalue weighted by atomic mass is 10.0. The number of thioether (sulfide) groups is 1. The molecule has 0 saturated carbocycles. The van der Waals surface area contributed by atoms with Gasteiger partial charge in [0.1, 0.15) is 11.8 Å². The van der Waals surface area contributed by atoms with Crippen LogP contribution < -0.4 is 10.1 Å². The highest BCUT2D eigenvalue weighted by Crippen LogP contribution is 2.20. The Balaban J connectivity index is 1.81. The van der Waals surface area contributed by atoms with E-state index < -0.39 is 6.04 Å². The first-order valence-electron chi connectivity index (χ1n) is 12.8. The maximum atomic E-state index is 13.7. The highest BCUT2D eigenvalue weighted by Gasteiger charge is 2.30. The van der Waals surface area contributed by atoms with Crippen LogP contribution in [-0.2, 0) is 28.3 Å². The van der Waals surface area contributed by atoms with E-state index in [1.165, 1.54) is 5.56 Å². The molecule has 0 aromatic heterocycles. The Kier molecular flexibility index (Phi) is 11.6. The van der Waals surface area contributed by atoms with Crippen LogP contribution in [0.5, 0.6) is 5.75 Å². The fraction of sp³-hybridized carbons (Fsp3) is 0.355. The maximum absolute atomic E-state index is 13.7. The van der Waals surface area contributed by atoms with E-state index in [1.807, 2.05) is 72.8 Å². The number of rotatable bonds is 14. The van der Waals surface area contributed by atoms with Crippen molar-refractivity contribution in [2.45, 2.75) is 45.0 Å². The molecule has 0 saturated heterocycles. The molecule has 0 aliphatic rings. The summed E-state index contributed by atoms with van der Waals surface area (Å²) in [6.07, 6.45) is 0.821. The van der Waals surface area contributed by atoms with Gasteiger partial charge in [-0.1, -0.05) is 86.6 Å². The van der Waals surface area contributed by atoms with Gasteiger partial charge in [-0.25, -0.2) is 0 Å². The number of hydrogen-bond donors (Lipinski definition) is 1. The van der Waals surface area contributed by atoms with Crippen molar-refractivity contribution >= 4 is 23.6 Å². The number of methoxy groups -OCH3 is 1. The first-order chi connectivity index (χ1) is 18.0. The molecule has 2 amide bonds. The quantitative estimate of drug-likeness (QED) is 0.277. The zero-order valence-corrected chi connectivity index (χ0v) is 22.9. The van der Waals surface area contributed by atoms with E-state index in [0.29, 0.717) is 37.6 Å². The zero-order chi connectivity index (χ0) is 26.5. The molecule has 0 fully saturated rings. The summed E-state index contributed by atoms with van der Waals surface area (Å²) in [5.74, 6) is 2.44. The number of ether oxygens (including phenoxy) is 1. The minimum atomic E-state index is -0.612. The Morgan fingerprint density at radius 3 is 2.19 bits per heavy atom. The molecule has 0 radical (unpaired) electrons. The molecule has 0 aliphatic carbocycles. The summed E-state index contributed by atoms with van der Waals surface area (Å²) in [5.41, 5.74) is 3.19. The smallest absolute Gasteiger partial charge is 0.243 e. The molecule has 0 unspecified atom stereocenters. The summed E-state index contributed by atoms with van der Waals surface area (Å²) < 4.78 is 5.40. The Labute approximate surface area is 225 Å². The lowest BCUT2D eigenvalue weighted by Crippen LogP contribution is -2.51. The van der Waals surface area contributed by atoms with Crippen molar-refractivity contribution in [3.8, 4) is 5.75 Å². The predicted molar refractivity (Wildman–Crippen MR) is 153 cm³/mol. The fourth-order valence-corrected chi connectivity index (χ4v) is 4.90. The number of amides is 2. The molecule has 3 aromatic carbocycles. The predicted octanol–water partition coefficient (Wildman–Crippen LogP) is 5.73. The van der Waals surface area contributed by atoms with Crippen molar-refractivity contribution in [2.24, 2.45) is 5.92 Å².